The summed E-state index contributed by atoms with van der Waals surface area (Å²) < 4.78 is 8.07. The Hall–Kier alpha value is -0.170. The number of thiophene rings is 1. The van der Waals surface area contributed by atoms with E-state index in [0.29, 0.717) is 10.6 Å². The molecule has 0 aliphatic rings. The van der Waals surface area contributed by atoms with Crippen molar-refractivity contribution in [1.82, 2.24) is 0 Å². The molecule has 0 unspecified atom stereocenters. The number of Topliss-reactive ketones (excluding diaryl/α,β-unsaturated/α-hetero) is 1. The first-order valence-electron chi connectivity index (χ1n) is 4.92. The molecule has 0 bridgehead atoms. The van der Waals surface area contributed by atoms with Gasteiger partial charge in [-0.3, -0.25) is 4.79 Å². The Kier molecular flexibility index (Phi) is 5.00. The molecule has 0 atom stereocenters. The highest BCUT2D eigenvalue weighted by molar-refractivity contribution is 9.11. The van der Waals surface area contributed by atoms with E-state index in [1.54, 1.807) is 6.07 Å². The molecule has 2 aromatic rings. The van der Waals surface area contributed by atoms with Crippen LogP contribution in [0.1, 0.15) is 9.67 Å². The van der Waals surface area contributed by atoms with Gasteiger partial charge in [-0.15, -0.1) is 11.3 Å². The lowest BCUT2D eigenvalue weighted by molar-refractivity contribution is 0.0924. The lowest BCUT2D eigenvalue weighted by Gasteiger charge is -2.09. The third-order valence-electron chi connectivity index (χ3n) is 2.11. The number of hydrogen-bond donors (Lipinski definition) is 0. The first-order valence-corrected chi connectivity index (χ1v) is 8.18. The molecule has 0 aliphatic carbocycles. The average molecular weight is 455 g/mol. The molecule has 0 N–H and O–H groups in total. The van der Waals surface area contributed by atoms with Gasteiger partial charge in [-0.25, -0.2) is 0 Å². The van der Waals surface area contributed by atoms with Gasteiger partial charge in [-0.2, -0.15) is 0 Å². The Morgan fingerprint density at radius 2 is 1.89 bits per heavy atom. The van der Waals surface area contributed by atoms with Gasteiger partial charge in [0.2, 0.25) is 5.78 Å². The summed E-state index contributed by atoms with van der Waals surface area (Å²) in [5.41, 5.74) is 0. The van der Waals surface area contributed by atoms with Crippen LogP contribution in [0.5, 0.6) is 5.75 Å². The first-order chi connectivity index (χ1) is 8.58. The highest BCUT2D eigenvalue weighted by Crippen LogP contribution is 2.36. The fourth-order valence-electron chi connectivity index (χ4n) is 1.31. The van der Waals surface area contributed by atoms with Gasteiger partial charge in [-0.05, 0) is 55.4 Å². The Balaban J connectivity index is 2.09. The zero-order chi connectivity index (χ0) is 13.1. The number of carbonyl (C=O) groups excluding carboxylic acids is 1. The van der Waals surface area contributed by atoms with Crippen LogP contribution >= 0.6 is 59.1 Å². The van der Waals surface area contributed by atoms with E-state index in [9.17, 15) is 4.79 Å². The molecule has 1 aromatic carbocycles. The summed E-state index contributed by atoms with van der Waals surface area (Å²) in [4.78, 5) is 12.5. The second-order valence-corrected chi connectivity index (χ2v) is 6.96. The number of ketones is 1. The van der Waals surface area contributed by atoms with Crippen LogP contribution in [0.3, 0.4) is 0 Å². The Bertz CT molecular complexity index is 544. The van der Waals surface area contributed by atoms with E-state index in [2.05, 4.69) is 47.8 Å². The fraction of sp³-hybridized carbons (Fsp3) is 0.0833. The van der Waals surface area contributed by atoms with E-state index in [0.717, 1.165) is 13.4 Å². The summed E-state index contributed by atoms with van der Waals surface area (Å²) in [6, 6.07) is 7.39. The van der Waals surface area contributed by atoms with E-state index in [1.807, 2.05) is 23.6 Å². The minimum Gasteiger partial charge on any atom is -0.483 e. The van der Waals surface area contributed by atoms with Gasteiger partial charge in [0.15, 0.2) is 6.61 Å². The van der Waals surface area contributed by atoms with Gasteiger partial charge in [0.25, 0.3) is 0 Å². The van der Waals surface area contributed by atoms with Crippen molar-refractivity contribution in [3.63, 3.8) is 0 Å². The minimum absolute atomic E-state index is 0.0216. The van der Waals surface area contributed by atoms with Crippen LogP contribution < -0.4 is 4.74 Å². The topological polar surface area (TPSA) is 26.3 Å². The molecule has 0 amide bonds. The van der Waals surface area contributed by atoms with E-state index in [-0.39, 0.29) is 12.4 Å². The fourth-order valence-corrected chi connectivity index (χ4v) is 4.45. The van der Waals surface area contributed by atoms with Crippen LogP contribution in [-0.4, -0.2) is 12.4 Å². The van der Waals surface area contributed by atoms with Crippen LogP contribution in [0.2, 0.25) is 0 Å². The minimum atomic E-state index is -0.0216. The molecule has 0 spiro atoms. The van der Waals surface area contributed by atoms with Gasteiger partial charge in [0, 0.05) is 4.47 Å². The summed E-state index contributed by atoms with van der Waals surface area (Å²) in [6.45, 7) is 0.0271. The van der Waals surface area contributed by atoms with Crippen LogP contribution in [-0.2, 0) is 0 Å². The zero-order valence-electron chi connectivity index (χ0n) is 8.95. The zero-order valence-corrected chi connectivity index (χ0v) is 14.5. The van der Waals surface area contributed by atoms with E-state index in [4.69, 9.17) is 4.74 Å². The van der Waals surface area contributed by atoms with Crippen molar-refractivity contribution in [2.75, 3.05) is 6.61 Å². The van der Waals surface area contributed by atoms with Crippen LogP contribution in [0, 0.1) is 0 Å². The van der Waals surface area contributed by atoms with Crippen molar-refractivity contribution in [2.24, 2.45) is 0 Å². The average Bonchev–Trinajstić information content (AvgIpc) is 2.80. The van der Waals surface area contributed by atoms with Crippen LogP contribution in [0.4, 0.5) is 0 Å². The molecule has 6 heteroatoms. The lowest BCUT2D eigenvalue weighted by atomic mass is 10.3. The summed E-state index contributed by atoms with van der Waals surface area (Å²) in [5.74, 6) is 0.606. The number of rotatable bonds is 4. The van der Waals surface area contributed by atoms with Gasteiger partial charge < -0.3 is 4.74 Å². The van der Waals surface area contributed by atoms with Crippen molar-refractivity contribution in [3.8, 4) is 5.75 Å². The van der Waals surface area contributed by atoms with E-state index >= 15 is 0 Å². The van der Waals surface area contributed by atoms with Crippen molar-refractivity contribution in [2.45, 2.75) is 0 Å². The monoisotopic (exact) mass is 452 g/mol. The second kappa shape index (κ2) is 6.32. The molecule has 2 rings (SSSR count). The number of ether oxygens (including phenoxy) is 1. The Labute approximate surface area is 134 Å². The summed E-state index contributed by atoms with van der Waals surface area (Å²) in [6.07, 6.45) is 0. The molecule has 94 valence electrons. The van der Waals surface area contributed by atoms with Crippen LogP contribution in [0.25, 0.3) is 0 Å². The molecule has 1 heterocycles. The van der Waals surface area contributed by atoms with Crippen LogP contribution in [0.15, 0.2) is 43.1 Å². The molecular weight excluding hydrogens is 448 g/mol. The summed E-state index contributed by atoms with van der Waals surface area (Å²) >= 11 is 11.6. The molecule has 0 aliphatic heterocycles. The highest BCUT2D eigenvalue weighted by atomic mass is 79.9. The maximum absolute atomic E-state index is 11.8. The Morgan fingerprint density at radius 1 is 1.22 bits per heavy atom. The lowest BCUT2D eigenvalue weighted by Crippen LogP contribution is -2.10. The predicted octanol–water partition coefficient (Wildman–Crippen LogP) is 5.30. The highest BCUT2D eigenvalue weighted by Gasteiger charge is 2.12. The normalized spacial score (nSPS) is 10.4. The third kappa shape index (κ3) is 3.44. The SMILES string of the molecule is O=C(COc1c(Br)cc(Br)cc1Br)c1cccs1. The second-order valence-electron chi connectivity index (χ2n) is 3.39. The standard InChI is InChI=1S/C12H7Br3O2S/c13-7-4-8(14)12(9(15)5-7)17-6-10(16)11-2-1-3-18-11/h1-5H,6H2. The Morgan fingerprint density at radius 3 is 2.44 bits per heavy atom. The number of benzene rings is 1. The van der Waals surface area contributed by atoms with Gasteiger partial charge >= 0.3 is 0 Å². The van der Waals surface area contributed by atoms with Gasteiger partial charge in [-0.1, -0.05) is 22.0 Å². The first kappa shape index (κ1) is 14.2. The third-order valence-corrected chi connectivity index (χ3v) is 4.65. The van der Waals surface area contributed by atoms with Gasteiger partial charge in [0.1, 0.15) is 5.75 Å². The molecular formula is C12H7Br3O2S. The van der Waals surface area contributed by atoms with E-state index < -0.39 is 0 Å². The summed E-state index contributed by atoms with van der Waals surface area (Å²) in [7, 11) is 0. The maximum atomic E-state index is 11.8. The maximum Gasteiger partial charge on any atom is 0.210 e. The number of hydrogen-bond acceptors (Lipinski definition) is 3. The van der Waals surface area contributed by atoms with Crippen molar-refractivity contribution in [1.29, 1.82) is 0 Å². The van der Waals surface area contributed by atoms with E-state index in [1.165, 1.54) is 11.3 Å². The van der Waals surface area contributed by atoms with Crippen molar-refractivity contribution >= 4 is 64.9 Å². The molecule has 18 heavy (non-hydrogen) atoms. The molecule has 0 saturated heterocycles. The summed E-state index contributed by atoms with van der Waals surface area (Å²) in [5, 5.41) is 1.87. The van der Waals surface area contributed by atoms with Crippen molar-refractivity contribution < 1.29 is 9.53 Å². The quantitative estimate of drug-likeness (QED) is 0.586. The smallest absolute Gasteiger partial charge is 0.210 e. The molecule has 2 nitrogen and oxygen atoms in total. The number of halogens is 3. The van der Waals surface area contributed by atoms with Gasteiger partial charge in [0.05, 0.1) is 13.8 Å². The predicted molar refractivity (Wildman–Crippen MR) is 83.7 cm³/mol. The van der Waals surface area contributed by atoms with Crippen molar-refractivity contribution in [3.05, 3.63) is 47.9 Å². The molecule has 0 fully saturated rings. The molecule has 0 saturated carbocycles. The number of carbonyl (C=O) groups is 1. The molecule has 1 aromatic heterocycles. The largest absolute Gasteiger partial charge is 0.483 e. The molecule has 0 radical (unpaired) electrons.